The van der Waals surface area contributed by atoms with E-state index in [2.05, 4.69) is 38.0 Å². The number of carbonyl (C=O) groups is 2. The molecule has 0 saturated carbocycles. The molecule has 1 aliphatic carbocycles. The summed E-state index contributed by atoms with van der Waals surface area (Å²) in [6, 6.07) is 13.4. The number of amides is 2. The molecular formula is C27H30N6O3. The van der Waals surface area contributed by atoms with E-state index in [-0.39, 0.29) is 11.8 Å². The number of morpholine rings is 1. The Morgan fingerprint density at radius 2 is 1.75 bits per heavy atom. The van der Waals surface area contributed by atoms with Crippen molar-refractivity contribution in [1.82, 2.24) is 25.5 Å². The topological polar surface area (TPSA) is 103 Å². The van der Waals surface area contributed by atoms with Crippen LogP contribution in [0.5, 0.6) is 0 Å². The first-order valence-electron chi connectivity index (χ1n) is 12.7. The van der Waals surface area contributed by atoms with E-state index in [1.807, 2.05) is 29.3 Å². The summed E-state index contributed by atoms with van der Waals surface area (Å²) in [5.74, 6) is -0.136. The van der Waals surface area contributed by atoms with Gasteiger partial charge in [0.2, 0.25) is 0 Å². The number of ketones is 1. The van der Waals surface area contributed by atoms with Gasteiger partial charge in [0, 0.05) is 30.8 Å². The van der Waals surface area contributed by atoms with Gasteiger partial charge >= 0.3 is 6.03 Å². The van der Waals surface area contributed by atoms with Gasteiger partial charge in [-0.25, -0.2) is 9.80 Å². The third-order valence-corrected chi connectivity index (χ3v) is 7.16. The average Bonchev–Trinajstić information content (AvgIpc) is 3.46. The van der Waals surface area contributed by atoms with Crippen molar-refractivity contribution in [1.29, 1.82) is 0 Å². The SMILES string of the molecule is O=C(Nc1cccc2c1C(=O)c1c(-c3ccc(CN4CCCCC4)cc3)n[nH]c1-2)NN1CCOCC1. The molecule has 0 unspecified atom stereocenters. The predicted molar refractivity (Wildman–Crippen MR) is 137 cm³/mol. The number of rotatable bonds is 5. The zero-order valence-corrected chi connectivity index (χ0v) is 20.2. The van der Waals surface area contributed by atoms with E-state index in [1.54, 1.807) is 6.07 Å². The van der Waals surface area contributed by atoms with Crippen LogP contribution in [0.2, 0.25) is 0 Å². The number of hydrazine groups is 1. The number of urea groups is 1. The van der Waals surface area contributed by atoms with Gasteiger partial charge in [0.1, 0.15) is 5.69 Å². The van der Waals surface area contributed by atoms with Crippen LogP contribution in [0.1, 0.15) is 40.7 Å². The van der Waals surface area contributed by atoms with Crippen LogP contribution in [0.4, 0.5) is 10.5 Å². The second kappa shape index (κ2) is 9.85. The Bertz CT molecular complexity index is 1270. The highest BCUT2D eigenvalue weighted by atomic mass is 16.5. The van der Waals surface area contributed by atoms with Crippen LogP contribution in [0.15, 0.2) is 42.5 Å². The molecule has 6 rings (SSSR count). The number of fused-ring (bicyclic) bond motifs is 3. The van der Waals surface area contributed by atoms with Crippen LogP contribution >= 0.6 is 0 Å². The predicted octanol–water partition coefficient (Wildman–Crippen LogP) is 3.64. The molecule has 2 aromatic carbocycles. The van der Waals surface area contributed by atoms with Crippen molar-refractivity contribution in [2.45, 2.75) is 25.8 Å². The smallest absolute Gasteiger partial charge is 0.333 e. The molecular weight excluding hydrogens is 456 g/mol. The Morgan fingerprint density at radius 1 is 0.972 bits per heavy atom. The number of H-pyrrole nitrogens is 1. The molecule has 0 radical (unpaired) electrons. The number of piperidine rings is 1. The molecule has 1 aromatic heterocycles. The summed E-state index contributed by atoms with van der Waals surface area (Å²) < 4.78 is 5.32. The van der Waals surface area contributed by atoms with Crippen molar-refractivity contribution in [3.05, 3.63) is 59.2 Å². The summed E-state index contributed by atoms with van der Waals surface area (Å²) in [4.78, 5) is 28.7. The summed E-state index contributed by atoms with van der Waals surface area (Å²) in [7, 11) is 0. The Kier molecular flexibility index (Phi) is 6.27. The van der Waals surface area contributed by atoms with Crippen LogP contribution in [0.25, 0.3) is 22.5 Å². The third kappa shape index (κ3) is 4.41. The normalized spacial score (nSPS) is 18.1. The number of aromatic amines is 1. The number of ether oxygens (including phenoxy) is 1. The average molecular weight is 487 g/mol. The molecule has 2 fully saturated rings. The molecule has 2 amide bonds. The third-order valence-electron chi connectivity index (χ3n) is 7.16. The highest BCUT2D eigenvalue weighted by Gasteiger charge is 2.35. The maximum atomic E-state index is 13.6. The van der Waals surface area contributed by atoms with Gasteiger partial charge in [0.15, 0.2) is 5.78 Å². The lowest BCUT2D eigenvalue weighted by atomic mass is 10.0. The lowest BCUT2D eigenvalue weighted by molar-refractivity contribution is 0.0207. The first-order chi connectivity index (χ1) is 17.7. The van der Waals surface area contributed by atoms with E-state index >= 15 is 0 Å². The number of anilines is 1. The van der Waals surface area contributed by atoms with Gasteiger partial charge in [-0.05, 0) is 37.6 Å². The Hall–Kier alpha value is -3.53. The van der Waals surface area contributed by atoms with Crippen LogP contribution in [-0.4, -0.2) is 71.3 Å². The fraction of sp³-hybridized carbons (Fsp3) is 0.370. The molecule has 3 heterocycles. The number of nitrogens with one attached hydrogen (secondary N) is 3. The summed E-state index contributed by atoms with van der Waals surface area (Å²) in [6.45, 7) is 5.65. The fourth-order valence-corrected chi connectivity index (χ4v) is 5.31. The van der Waals surface area contributed by atoms with Crippen LogP contribution < -0.4 is 10.7 Å². The molecule has 3 aromatic rings. The molecule has 2 saturated heterocycles. The zero-order chi connectivity index (χ0) is 24.5. The molecule has 0 bridgehead atoms. The number of hydrogen-bond acceptors (Lipinski definition) is 6. The summed E-state index contributed by atoms with van der Waals surface area (Å²) in [5, 5.41) is 12.2. The van der Waals surface area contributed by atoms with E-state index in [0.29, 0.717) is 54.5 Å². The van der Waals surface area contributed by atoms with E-state index in [4.69, 9.17) is 4.74 Å². The maximum Gasteiger partial charge on any atom is 0.333 e. The molecule has 186 valence electrons. The quantitative estimate of drug-likeness (QED) is 0.398. The van der Waals surface area contributed by atoms with Crippen molar-refractivity contribution in [2.24, 2.45) is 0 Å². The molecule has 0 atom stereocenters. The molecule has 0 spiro atoms. The summed E-state index contributed by atoms with van der Waals surface area (Å²) >= 11 is 0. The van der Waals surface area contributed by atoms with E-state index < -0.39 is 0 Å². The van der Waals surface area contributed by atoms with Gasteiger partial charge in [0.25, 0.3) is 0 Å². The van der Waals surface area contributed by atoms with Crippen LogP contribution in [0, 0.1) is 0 Å². The molecule has 3 aliphatic rings. The van der Waals surface area contributed by atoms with E-state index in [0.717, 1.165) is 30.8 Å². The second-order valence-electron chi connectivity index (χ2n) is 9.58. The maximum absolute atomic E-state index is 13.6. The van der Waals surface area contributed by atoms with Crippen molar-refractivity contribution in [3.63, 3.8) is 0 Å². The van der Waals surface area contributed by atoms with Gasteiger partial charge < -0.3 is 10.1 Å². The van der Waals surface area contributed by atoms with Crippen molar-refractivity contribution in [2.75, 3.05) is 44.7 Å². The Balaban J connectivity index is 1.21. The number of likely N-dealkylation sites (tertiary alicyclic amines) is 1. The molecule has 9 heteroatoms. The van der Waals surface area contributed by atoms with Crippen LogP contribution in [0.3, 0.4) is 0 Å². The Morgan fingerprint density at radius 3 is 2.53 bits per heavy atom. The van der Waals surface area contributed by atoms with Crippen LogP contribution in [-0.2, 0) is 11.3 Å². The van der Waals surface area contributed by atoms with E-state index in [9.17, 15) is 9.59 Å². The summed E-state index contributed by atoms with van der Waals surface area (Å²) in [6.07, 6.45) is 3.86. The minimum atomic E-state index is -0.378. The molecule has 3 N–H and O–H groups in total. The first-order valence-corrected chi connectivity index (χ1v) is 12.7. The van der Waals surface area contributed by atoms with Crippen molar-refractivity contribution in [3.8, 4) is 22.5 Å². The molecule has 36 heavy (non-hydrogen) atoms. The standard InChI is InChI=1S/C27H30N6O3/c34-26-22-20(5-4-6-21(22)28-27(35)31-33-13-15-36-16-14-33)25-23(26)24(29-30-25)19-9-7-18(8-10-19)17-32-11-2-1-3-12-32/h4-10H,1-3,11-17H2,(H,29,30)(H2,28,31,35). The summed E-state index contributed by atoms with van der Waals surface area (Å²) in [5.41, 5.74) is 8.60. The largest absolute Gasteiger partial charge is 0.379 e. The van der Waals surface area contributed by atoms with Gasteiger partial charge in [-0.1, -0.05) is 42.8 Å². The van der Waals surface area contributed by atoms with E-state index in [1.165, 1.54) is 24.8 Å². The lowest BCUT2D eigenvalue weighted by Gasteiger charge is -2.27. The van der Waals surface area contributed by atoms with Gasteiger partial charge in [-0.2, -0.15) is 5.10 Å². The number of aromatic nitrogens is 2. The zero-order valence-electron chi connectivity index (χ0n) is 20.2. The number of carbonyl (C=O) groups excluding carboxylic acids is 2. The minimum absolute atomic E-state index is 0.136. The highest BCUT2D eigenvalue weighted by molar-refractivity contribution is 6.26. The van der Waals surface area contributed by atoms with Crippen molar-refractivity contribution < 1.29 is 14.3 Å². The highest BCUT2D eigenvalue weighted by Crippen LogP contribution is 2.42. The second-order valence-corrected chi connectivity index (χ2v) is 9.58. The first kappa shape index (κ1) is 22.9. The number of benzene rings is 2. The number of hydrogen-bond donors (Lipinski definition) is 3. The number of nitrogens with zero attached hydrogens (tertiary/aromatic N) is 3. The minimum Gasteiger partial charge on any atom is -0.379 e. The van der Waals surface area contributed by atoms with Gasteiger partial charge in [-0.15, -0.1) is 0 Å². The molecule has 2 aliphatic heterocycles. The molecule has 9 nitrogen and oxygen atoms in total. The van der Waals surface area contributed by atoms with Gasteiger partial charge in [-0.3, -0.25) is 20.2 Å². The monoisotopic (exact) mass is 486 g/mol. The van der Waals surface area contributed by atoms with Gasteiger partial charge in [0.05, 0.1) is 35.7 Å². The fourth-order valence-electron chi connectivity index (χ4n) is 5.31. The Labute approximate surface area is 209 Å². The van der Waals surface area contributed by atoms with Crippen molar-refractivity contribution >= 4 is 17.5 Å². The lowest BCUT2D eigenvalue weighted by Crippen LogP contribution is -2.49.